The molecule has 0 bridgehead atoms. The average Bonchev–Trinajstić information content (AvgIpc) is 2.49. The van der Waals surface area contributed by atoms with Crippen LogP contribution in [0.4, 0.5) is 11.4 Å². The number of hydrogen-bond acceptors (Lipinski definition) is 5. The minimum Gasteiger partial charge on any atom is -0.465 e. The molecule has 1 fully saturated rings. The van der Waals surface area contributed by atoms with E-state index in [1.165, 1.54) is 20.0 Å². The van der Waals surface area contributed by atoms with Crippen LogP contribution >= 0.6 is 0 Å². The monoisotopic (exact) mass is 278 g/mol. The van der Waals surface area contributed by atoms with Gasteiger partial charge in [-0.2, -0.15) is 0 Å². The smallest absolute Gasteiger partial charge is 0.337 e. The number of carbonyl (C=O) groups is 1. The first-order valence-corrected chi connectivity index (χ1v) is 7.04. The topological polar surface area (TPSA) is 73.6 Å². The summed E-state index contributed by atoms with van der Waals surface area (Å²) in [4.78, 5) is 11.4. The van der Waals surface area contributed by atoms with Gasteiger partial charge in [-0.3, -0.25) is 0 Å². The highest BCUT2D eigenvalue weighted by molar-refractivity contribution is 5.91. The Morgan fingerprint density at radius 3 is 3.00 bits per heavy atom. The van der Waals surface area contributed by atoms with Crippen molar-refractivity contribution in [2.24, 2.45) is 0 Å². The summed E-state index contributed by atoms with van der Waals surface area (Å²) in [7, 11) is 1.36. The number of nitrogens with one attached hydrogen (secondary N) is 1. The van der Waals surface area contributed by atoms with E-state index in [0.717, 1.165) is 31.7 Å². The standard InChI is InChI=1S/C15H22N2O3/c1-19-15(18)11-5-6-14(13(16)10-11)17-8-7-12-4-2-3-9-20-12/h5-6,10,12,17H,2-4,7-9,16H2,1H3. The first kappa shape index (κ1) is 14.7. The van der Waals surface area contributed by atoms with E-state index in [1.807, 2.05) is 6.07 Å². The lowest BCUT2D eigenvalue weighted by atomic mass is 10.1. The van der Waals surface area contributed by atoms with Gasteiger partial charge in [0, 0.05) is 13.2 Å². The van der Waals surface area contributed by atoms with Crippen molar-refractivity contribution in [2.75, 3.05) is 31.3 Å². The SMILES string of the molecule is COC(=O)c1ccc(NCCC2CCCCO2)c(N)c1. The van der Waals surface area contributed by atoms with E-state index in [4.69, 9.17) is 10.5 Å². The Morgan fingerprint density at radius 2 is 2.35 bits per heavy atom. The number of nitrogens with two attached hydrogens (primary N) is 1. The minimum absolute atomic E-state index is 0.354. The molecule has 1 atom stereocenters. The molecule has 0 radical (unpaired) electrons. The van der Waals surface area contributed by atoms with E-state index >= 15 is 0 Å². The molecule has 0 aliphatic carbocycles. The van der Waals surface area contributed by atoms with Crippen molar-refractivity contribution >= 4 is 17.3 Å². The highest BCUT2D eigenvalue weighted by Crippen LogP contribution is 2.21. The molecule has 0 spiro atoms. The van der Waals surface area contributed by atoms with Gasteiger partial charge in [0.2, 0.25) is 0 Å². The molecule has 1 aliphatic heterocycles. The van der Waals surface area contributed by atoms with E-state index in [9.17, 15) is 4.79 Å². The summed E-state index contributed by atoms with van der Waals surface area (Å²) in [6, 6.07) is 5.15. The molecule has 20 heavy (non-hydrogen) atoms. The molecule has 1 heterocycles. The number of methoxy groups -OCH3 is 1. The van der Waals surface area contributed by atoms with Crippen LogP contribution in [-0.4, -0.2) is 32.3 Å². The molecule has 0 amide bonds. The quantitative estimate of drug-likeness (QED) is 0.639. The van der Waals surface area contributed by atoms with E-state index in [1.54, 1.807) is 12.1 Å². The van der Waals surface area contributed by atoms with Crippen molar-refractivity contribution in [3.05, 3.63) is 23.8 Å². The summed E-state index contributed by atoms with van der Waals surface area (Å²) in [5, 5.41) is 3.29. The average molecular weight is 278 g/mol. The highest BCUT2D eigenvalue weighted by atomic mass is 16.5. The summed E-state index contributed by atoms with van der Waals surface area (Å²) >= 11 is 0. The summed E-state index contributed by atoms with van der Waals surface area (Å²) in [5.41, 5.74) is 7.79. The van der Waals surface area contributed by atoms with Crippen molar-refractivity contribution in [3.63, 3.8) is 0 Å². The molecule has 5 nitrogen and oxygen atoms in total. The van der Waals surface area contributed by atoms with E-state index in [-0.39, 0.29) is 5.97 Å². The van der Waals surface area contributed by atoms with E-state index < -0.39 is 0 Å². The third-order valence-corrected chi connectivity index (χ3v) is 3.53. The number of anilines is 2. The molecule has 0 saturated carbocycles. The summed E-state index contributed by atoms with van der Waals surface area (Å²) in [5.74, 6) is -0.376. The molecule has 3 N–H and O–H groups in total. The maximum atomic E-state index is 11.4. The number of ether oxygens (including phenoxy) is 2. The second-order valence-electron chi connectivity index (χ2n) is 5.00. The number of nitrogen functional groups attached to an aromatic ring is 1. The minimum atomic E-state index is -0.376. The predicted octanol–water partition coefficient (Wildman–Crippen LogP) is 2.43. The van der Waals surface area contributed by atoms with Crippen molar-refractivity contribution < 1.29 is 14.3 Å². The van der Waals surface area contributed by atoms with Crippen LogP contribution in [-0.2, 0) is 9.47 Å². The van der Waals surface area contributed by atoms with Crippen LogP contribution in [0, 0.1) is 0 Å². The summed E-state index contributed by atoms with van der Waals surface area (Å²) in [6.07, 6.45) is 4.88. The Hall–Kier alpha value is -1.75. The molecule has 1 unspecified atom stereocenters. The lowest BCUT2D eigenvalue weighted by molar-refractivity contribution is 0.0134. The largest absolute Gasteiger partial charge is 0.465 e. The van der Waals surface area contributed by atoms with Gasteiger partial charge in [-0.15, -0.1) is 0 Å². The Bertz CT molecular complexity index is 456. The molecule has 1 aromatic carbocycles. The van der Waals surface area contributed by atoms with Gasteiger partial charge < -0.3 is 20.5 Å². The van der Waals surface area contributed by atoms with E-state index in [2.05, 4.69) is 10.1 Å². The number of benzene rings is 1. The van der Waals surface area contributed by atoms with Crippen LogP contribution in [0.5, 0.6) is 0 Å². The molecular weight excluding hydrogens is 256 g/mol. The van der Waals surface area contributed by atoms with Crippen molar-refractivity contribution in [3.8, 4) is 0 Å². The first-order valence-electron chi connectivity index (χ1n) is 7.04. The number of hydrogen-bond donors (Lipinski definition) is 2. The van der Waals surface area contributed by atoms with Crippen LogP contribution in [0.25, 0.3) is 0 Å². The second kappa shape index (κ2) is 7.14. The van der Waals surface area contributed by atoms with E-state index in [0.29, 0.717) is 17.4 Å². The lowest BCUT2D eigenvalue weighted by Gasteiger charge is -2.22. The molecular formula is C15H22N2O3. The fourth-order valence-corrected chi connectivity index (χ4v) is 2.37. The van der Waals surface area contributed by atoms with Crippen LogP contribution in [0.1, 0.15) is 36.0 Å². The third-order valence-electron chi connectivity index (χ3n) is 3.53. The Morgan fingerprint density at radius 1 is 1.50 bits per heavy atom. The van der Waals surface area contributed by atoms with Crippen molar-refractivity contribution in [1.82, 2.24) is 0 Å². The zero-order valence-corrected chi connectivity index (χ0v) is 11.9. The van der Waals surface area contributed by atoms with Gasteiger partial charge in [0.15, 0.2) is 0 Å². The van der Waals surface area contributed by atoms with Gasteiger partial charge in [-0.25, -0.2) is 4.79 Å². The molecule has 2 rings (SSSR count). The fraction of sp³-hybridized carbons (Fsp3) is 0.533. The van der Waals surface area contributed by atoms with Crippen LogP contribution in [0.15, 0.2) is 18.2 Å². The lowest BCUT2D eigenvalue weighted by Crippen LogP contribution is -2.22. The van der Waals surface area contributed by atoms with Crippen molar-refractivity contribution in [1.29, 1.82) is 0 Å². The van der Waals surface area contributed by atoms with Gasteiger partial charge in [0.1, 0.15) is 0 Å². The second-order valence-corrected chi connectivity index (χ2v) is 5.00. The maximum Gasteiger partial charge on any atom is 0.337 e. The predicted molar refractivity (Wildman–Crippen MR) is 78.9 cm³/mol. The molecule has 1 aliphatic rings. The summed E-state index contributed by atoms with van der Waals surface area (Å²) < 4.78 is 10.3. The Balaban J connectivity index is 1.84. The number of esters is 1. The molecule has 0 aromatic heterocycles. The van der Waals surface area contributed by atoms with Gasteiger partial charge in [0.25, 0.3) is 0 Å². The van der Waals surface area contributed by atoms with Gasteiger partial charge in [0.05, 0.1) is 30.2 Å². The van der Waals surface area contributed by atoms with Gasteiger partial charge in [-0.05, 0) is 43.9 Å². The maximum absolute atomic E-state index is 11.4. The van der Waals surface area contributed by atoms with Crippen molar-refractivity contribution in [2.45, 2.75) is 31.8 Å². The van der Waals surface area contributed by atoms with Crippen LogP contribution < -0.4 is 11.1 Å². The zero-order chi connectivity index (χ0) is 14.4. The fourth-order valence-electron chi connectivity index (χ4n) is 2.37. The number of carbonyl (C=O) groups excluding carboxylic acids is 1. The highest BCUT2D eigenvalue weighted by Gasteiger charge is 2.13. The molecule has 110 valence electrons. The molecule has 5 heteroatoms. The zero-order valence-electron chi connectivity index (χ0n) is 11.9. The Labute approximate surface area is 119 Å². The molecule has 1 saturated heterocycles. The van der Waals surface area contributed by atoms with Gasteiger partial charge >= 0.3 is 5.97 Å². The third kappa shape index (κ3) is 3.87. The number of rotatable bonds is 5. The van der Waals surface area contributed by atoms with Crippen LogP contribution in [0.3, 0.4) is 0 Å². The van der Waals surface area contributed by atoms with Gasteiger partial charge in [-0.1, -0.05) is 0 Å². The summed E-state index contributed by atoms with van der Waals surface area (Å²) in [6.45, 7) is 1.69. The first-order chi connectivity index (χ1) is 9.70. The van der Waals surface area contributed by atoms with Crippen LogP contribution in [0.2, 0.25) is 0 Å². The Kier molecular flexibility index (Phi) is 5.24. The molecule has 1 aromatic rings. The normalized spacial score (nSPS) is 18.6.